The number of carbonyl (C=O) groups is 1. The number of likely N-dealkylation sites (N-methyl/N-ethyl adjacent to an activating group) is 1. The molecule has 1 aliphatic heterocycles. The lowest BCUT2D eigenvalue weighted by Gasteiger charge is -2.25. The molecule has 1 aliphatic rings. The number of hydrogen-bond donors (Lipinski definition) is 2. The van der Waals surface area contributed by atoms with Gasteiger partial charge in [-0.05, 0) is 33.5 Å². The summed E-state index contributed by atoms with van der Waals surface area (Å²) >= 11 is 0. The molecule has 0 aromatic heterocycles. The highest BCUT2D eigenvalue weighted by Crippen LogP contribution is 2.29. The molecule has 0 aromatic rings. The maximum absolute atomic E-state index is 12.1. The Balaban J connectivity index is 2.13. The van der Waals surface area contributed by atoms with Crippen molar-refractivity contribution in [1.82, 2.24) is 15.5 Å². The predicted octanol–water partition coefficient (Wildman–Crippen LogP) is 0.0705. The summed E-state index contributed by atoms with van der Waals surface area (Å²) in [6.07, 6.45) is 1.84. The van der Waals surface area contributed by atoms with Crippen molar-refractivity contribution in [2.24, 2.45) is 5.41 Å². The van der Waals surface area contributed by atoms with Crippen molar-refractivity contribution in [3.05, 3.63) is 0 Å². The molecule has 1 unspecified atom stereocenters. The average Bonchev–Trinajstić information content (AvgIpc) is 2.83. The largest absolute Gasteiger partial charge is 0.378 e. The highest BCUT2D eigenvalue weighted by molar-refractivity contribution is 5.83. The summed E-state index contributed by atoms with van der Waals surface area (Å²) in [6, 6.07) is 0. The van der Waals surface area contributed by atoms with Gasteiger partial charge >= 0.3 is 0 Å². The average molecular weight is 257 g/mol. The molecule has 0 bridgehead atoms. The van der Waals surface area contributed by atoms with Gasteiger partial charge in [-0.15, -0.1) is 0 Å². The van der Waals surface area contributed by atoms with Gasteiger partial charge < -0.3 is 20.3 Å². The Morgan fingerprint density at radius 2 is 2.22 bits per heavy atom. The van der Waals surface area contributed by atoms with Crippen LogP contribution in [0, 0.1) is 5.41 Å². The van der Waals surface area contributed by atoms with Gasteiger partial charge in [-0.1, -0.05) is 6.92 Å². The minimum absolute atomic E-state index is 0.172. The van der Waals surface area contributed by atoms with Crippen LogP contribution in [0.5, 0.6) is 0 Å². The molecule has 1 amide bonds. The van der Waals surface area contributed by atoms with Crippen LogP contribution < -0.4 is 10.6 Å². The van der Waals surface area contributed by atoms with Crippen molar-refractivity contribution >= 4 is 5.91 Å². The standard InChI is InChI=1S/C13H27N3O2/c1-4-13(5-6-14-11-13)12(17)15-7-9-18-10-8-16(2)3/h14H,4-11H2,1-3H3,(H,15,17). The summed E-state index contributed by atoms with van der Waals surface area (Å²) in [5, 5.41) is 6.26. The molecule has 1 saturated heterocycles. The van der Waals surface area contributed by atoms with Crippen LogP contribution in [-0.2, 0) is 9.53 Å². The van der Waals surface area contributed by atoms with Crippen LogP contribution in [0.1, 0.15) is 19.8 Å². The Hall–Kier alpha value is -0.650. The number of rotatable bonds is 8. The number of hydrogen-bond acceptors (Lipinski definition) is 4. The van der Waals surface area contributed by atoms with E-state index in [0.717, 1.165) is 32.5 Å². The molecule has 0 aromatic carbocycles. The normalized spacial score (nSPS) is 23.6. The minimum Gasteiger partial charge on any atom is -0.378 e. The monoisotopic (exact) mass is 257 g/mol. The zero-order valence-electron chi connectivity index (χ0n) is 11.9. The van der Waals surface area contributed by atoms with E-state index in [4.69, 9.17) is 4.74 Å². The van der Waals surface area contributed by atoms with E-state index in [-0.39, 0.29) is 11.3 Å². The third-order valence-corrected chi connectivity index (χ3v) is 3.62. The second-order valence-electron chi connectivity index (χ2n) is 5.23. The molecule has 0 saturated carbocycles. The van der Waals surface area contributed by atoms with Gasteiger partial charge in [0.2, 0.25) is 5.91 Å². The van der Waals surface area contributed by atoms with Gasteiger partial charge in [0.15, 0.2) is 0 Å². The zero-order valence-corrected chi connectivity index (χ0v) is 11.9. The third kappa shape index (κ3) is 4.55. The molecular formula is C13H27N3O2. The van der Waals surface area contributed by atoms with Crippen LogP contribution in [0.15, 0.2) is 0 Å². The summed E-state index contributed by atoms with van der Waals surface area (Å²) in [5.74, 6) is 0.172. The predicted molar refractivity (Wildman–Crippen MR) is 72.6 cm³/mol. The molecule has 0 aliphatic carbocycles. The van der Waals surface area contributed by atoms with Crippen molar-refractivity contribution in [3.63, 3.8) is 0 Å². The van der Waals surface area contributed by atoms with Crippen LogP contribution in [0.3, 0.4) is 0 Å². The van der Waals surface area contributed by atoms with E-state index < -0.39 is 0 Å². The third-order valence-electron chi connectivity index (χ3n) is 3.62. The van der Waals surface area contributed by atoms with Gasteiger partial charge in [-0.25, -0.2) is 0 Å². The molecule has 5 heteroatoms. The maximum Gasteiger partial charge on any atom is 0.227 e. The van der Waals surface area contributed by atoms with E-state index in [1.54, 1.807) is 0 Å². The van der Waals surface area contributed by atoms with Crippen LogP contribution in [-0.4, -0.2) is 64.3 Å². The molecule has 106 valence electrons. The number of nitrogens with one attached hydrogen (secondary N) is 2. The van der Waals surface area contributed by atoms with E-state index in [1.165, 1.54) is 0 Å². The van der Waals surface area contributed by atoms with Crippen LogP contribution in [0.2, 0.25) is 0 Å². The second-order valence-corrected chi connectivity index (χ2v) is 5.23. The van der Waals surface area contributed by atoms with Gasteiger partial charge in [0, 0.05) is 19.6 Å². The van der Waals surface area contributed by atoms with E-state index >= 15 is 0 Å². The topological polar surface area (TPSA) is 53.6 Å². The summed E-state index contributed by atoms with van der Waals surface area (Å²) in [5.41, 5.74) is -0.191. The number of nitrogens with zero attached hydrogens (tertiary/aromatic N) is 1. The van der Waals surface area contributed by atoms with Gasteiger partial charge in [-0.3, -0.25) is 4.79 Å². The molecule has 1 heterocycles. The first-order chi connectivity index (χ1) is 8.60. The highest BCUT2D eigenvalue weighted by atomic mass is 16.5. The molecule has 1 rings (SSSR count). The fourth-order valence-electron chi connectivity index (χ4n) is 2.17. The molecule has 5 nitrogen and oxygen atoms in total. The maximum atomic E-state index is 12.1. The lowest BCUT2D eigenvalue weighted by Crippen LogP contribution is -2.43. The fraction of sp³-hybridized carbons (Fsp3) is 0.923. The van der Waals surface area contributed by atoms with Crippen LogP contribution in [0.4, 0.5) is 0 Å². The van der Waals surface area contributed by atoms with Crippen molar-refractivity contribution in [2.45, 2.75) is 19.8 Å². The van der Waals surface area contributed by atoms with Crippen molar-refractivity contribution in [3.8, 4) is 0 Å². The first-order valence-electron chi connectivity index (χ1n) is 6.82. The van der Waals surface area contributed by atoms with E-state index in [1.807, 2.05) is 14.1 Å². The van der Waals surface area contributed by atoms with Gasteiger partial charge in [0.05, 0.1) is 18.6 Å². The van der Waals surface area contributed by atoms with Gasteiger partial charge in [-0.2, -0.15) is 0 Å². The Morgan fingerprint density at radius 3 is 2.78 bits per heavy atom. The Labute approximate surface area is 110 Å². The number of amides is 1. The molecular weight excluding hydrogens is 230 g/mol. The summed E-state index contributed by atoms with van der Waals surface area (Å²) in [7, 11) is 4.03. The lowest BCUT2D eigenvalue weighted by atomic mass is 9.83. The molecule has 0 spiro atoms. The van der Waals surface area contributed by atoms with E-state index in [0.29, 0.717) is 19.8 Å². The Kier molecular flexibility index (Phi) is 6.60. The first-order valence-corrected chi connectivity index (χ1v) is 6.82. The van der Waals surface area contributed by atoms with Crippen molar-refractivity contribution in [1.29, 1.82) is 0 Å². The van der Waals surface area contributed by atoms with Gasteiger partial charge in [0.1, 0.15) is 0 Å². The molecule has 2 N–H and O–H groups in total. The van der Waals surface area contributed by atoms with Gasteiger partial charge in [0.25, 0.3) is 0 Å². The first kappa shape index (κ1) is 15.4. The second kappa shape index (κ2) is 7.71. The van der Waals surface area contributed by atoms with Crippen LogP contribution in [0.25, 0.3) is 0 Å². The fourth-order valence-corrected chi connectivity index (χ4v) is 2.17. The van der Waals surface area contributed by atoms with E-state index in [9.17, 15) is 4.79 Å². The summed E-state index contributed by atoms with van der Waals surface area (Å²) in [6.45, 7) is 6.65. The van der Waals surface area contributed by atoms with Crippen molar-refractivity contribution in [2.75, 3.05) is 53.5 Å². The zero-order chi connectivity index (χ0) is 13.4. The lowest BCUT2D eigenvalue weighted by molar-refractivity contribution is -0.130. The highest BCUT2D eigenvalue weighted by Gasteiger charge is 2.38. The van der Waals surface area contributed by atoms with E-state index in [2.05, 4.69) is 22.5 Å². The Morgan fingerprint density at radius 1 is 1.44 bits per heavy atom. The quantitative estimate of drug-likeness (QED) is 0.604. The molecule has 1 atom stereocenters. The smallest absolute Gasteiger partial charge is 0.227 e. The summed E-state index contributed by atoms with van der Waals surface area (Å²) in [4.78, 5) is 14.2. The molecule has 18 heavy (non-hydrogen) atoms. The van der Waals surface area contributed by atoms with Crippen LogP contribution >= 0.6 is 0 Å². The number of carbonyl (C=O) groups excluding carboxylic acids is 1. The SMILES string of the molecule is CCC1(C(=O)NCCOCCN(C)C)CCNC1. The molecule has 1 fully saturated rings. The molecule has 0 radical (unpaired) electrons. The Bertz CT molecular complexity index is 251. The number of ether oxygens (including phenoxy) is 1. The van der Waals surface area contributed by atoms with Crippen molar-refractivity contribution < 1.29 is 9.53 Å². The summed E-state index contributed by atoms with van der Waals surface area (Å²) < 4.78 is 5.45. The minimum atomic E-state index is -0.191.